The smallest absolute Gasteiger partial charge is 0.247 e. The highest BCUT2D eigenvalue weighted by atomic mass is 127. The Hall–Kier alpha value is -3.42. The van der Waals surface area contributed by atoms with Gasteiger partial charge in [-0.1, -0.05) is 24.3 Å². The van der Waals surface area contributed by atoms with Gasteiger partial charge in [-0.2, -0.15) is 0 Å². The minimum absolute atomic E-state index is 0.0492. The molecule has 1 aliphatic rings. The minimum Gasteiger partial charge on any atom is -0.496 e. The largest absolute Gasteiger partial charge is 0.496 e. The van der Waals surface area contributed by atoms with Crippen molar-refractivity contribution in [2.24, 2.45) is 0 Å². The second-order valence-electron chi connectivity index (χ2n) is 10.4. The van der Waals surface area contributed by atoms with E-state index in [1.807, 2.05) is 52.9 Å². The first-order valence-corrected chi connectivity index (χ1v) is 15.6. The average molecular weight is 721 g/mol. The summed E-state index contributed by atoms with van der Waals surface area (Å²) < 4.78 is 17.9. The predicted octanol–water partition coefficient (Wildman–Crippen LogP) is 3.85. The Bertz CT molecular complexity index is 1330. The molecule has 3 atom stereocenters. The highest BCUT2D eigenvalue weighted by Gasteiger charge is 2.40. The van der Waals surface area contributed by atoms with Gasteiger partial charge in [0, 0.05) is 37.1 Å². The SMILES string of the molecule is C=CCCCCC(=O)N(CCc1ccccc1OC)[C@@H]1CC(C(=O)NCCO)=C[C@H](Oc2c(I)cc(C=O)cc2OC)[C@H]1O. The molecular weight excluding hydrogens is 679 g/mol. The molecule has 10 nitrogen and oxygen atoms in total. The number of methoxy groups -OCH3 is 2. The third-order valence-electron chi connectivity index (χ3n) is 7.44. The van der Waals surface area contributed by atoms with Crippen molar-refractivity contribution in [2.45, 2.75) is 56.8 Å². The van der Waals surface area contributed by atoms with Gasteiger partial charge in [-0.3, -0.25) is 14.4 Å². The number of carbonyl (C=O) groups is 3. The van der Waals surface area contributed by atoms with Gasteiger partial charge in [-0.25, -0.2) is 0 Å². The summed E-state index contributed by atoms with van der Waals surface area (Å²) in [5.41, 5.74) is 1.62. The van der Waals surface area contributed by atoms with Crippen LogP contribution in [0.4, 0.5) is 0 Å². The number of ether oxygens (including phenoxy) is 3. The van der Waals surface area contributed by atoms with E-state index in [1.54, 1.807) is 24.2 Å². The molecule has 2 amide bonds. The summed E-state index contributed by atoms with van der Waals surface area (Å²) in [4.78, 5) is 40.0. The van der Waals surface area contributed by atoms with E-state index < -0.39 is 24.2 Å². The van der Waals surface area contributed by atoms with Crippen LogP contribution in [-0.4, -0.2) is 85.4 Å². The Labute approximate surface area is 272 Å². The maximum absolute atomic E-state index is 13.8. The van der Waals surface area contributed by atoms with Crippen LogP contribution < -0.4 is 19.5 Å². The van der Waals surface area contributed by atoms with Crippen LogP contribution in [0.3, 0.4) is 0 Å². The minimum atomic E-state index is -1.20. The topological polar surface area (TPSA) is 135 Å². The number of carbonyl (C=O) groups excluding carboxylic acids is 3. The van der Waals surface area contributed by atoms with Crippen molar-refractivity contribution >= 4 is 40.7 Å². The lowest BCUT2D eigenvalue weighted by molar-refractivity contribution is -0.138. The molecular formula is C33H41IN2O8. The molecule has 0 aliphatic heterocycles. The van der Waals surface area contributed by atoms with Gasteiger partial charge in [-0.05, 0) is 78.1 Å². The molecule has 0 bridgehead atoms. The molecule has 44 heavy (non-hydrogen) atoms. The second kappa shape index (κ2) is 17.8. The monoisotopic (exact) mass is 720 g/mol. The van der Waals surface area contributed by atoms with Gasteiger partial charge >= 0.3 is 0 Å². The van der Waals surface area contributed by atoms with E-state index >= 15 is 0 Å². The van der Waals surface area contributed by atoms with Gasteiger partial charge in [-0.15, -0.1) is 6.58 Å². The third-order valence-corrected chi connectivity index (χ3v) is 8.24. The zero-order valence-corrected chi connectivity index (χ0v) is 27.3. The molecule has 3 N–H and O–H groups in total. The first-order chi connectivity index (χ1) is 21.3. The van der Waals surface area contributed by atoms with Gasteiger partial charge in [0.1, 0.15) is 24.2 Å². The number of hydrogen-bond acceptors (Lipinski definition) is 8. The molecule has 3 rings (SSSR count). The number of aldehydes is 1. The molecule has 11 heteroatoms. The van der Waals surface area contributed by atoms with Crippen LogP contribution in [0.2, 0.25) is 0 Å². The van der Waals surface area contributed by atoms with Crippen molar-refractivity contribution in [3.8, 4) is 17.2 Å². The number of para-hydroxylation sites is 1. The van der Waals surface area contributed by atoms with Gasteiger partial charge in [0.15, 0.2) is 11.5 Å². The Morgan fingerprint density at radius 2 is 1.91 bits per heavy atom. The molecule has 0 unspecified atom stereocenters. The van der Waals surface area contributed by atoms with E-state index in [4.69, 9.17) is 14.2 Å². The number of hydrogen-bond donors (Lipinski definition) is 3. The lowest BCUT2D eigenvalue weighted by atomic mass is 9.87. The Kier molecular flexibility index (Phi) is 14.2. The molecule has 1 aliphatic carbocycles. The van der Waals surface area contributed by atoms with Gasteiger partial charge in [0.2, 0.25) is 11.8 Å². The molecule has 2 aromatic rings. The predicted molar refractivity (Wildman–Crippen MR) is 175 cm³/mol. The van der Waals surface area contributed by atoms with Crippen molar-refractivity contribution in [2.75, 3.05) is 33.9 Å². The number of nitrogens with zero attached hydrogens (tertiary/aromatic N) is 1. The quantitative estimate of drug-likeness (QED) is 0.0972. The van der Waals surface area contributed by atoms with Crippen LogP contribution in [0.15, 0.2) is 60.7 Å². The lowest BCUT2D eigenvalue weighted by Crippen LogP contribution is -2.55. The maximum atomic E-state index is 13.8. The Morgan fingerprint density at radius 3 is 2.59 bits per heavy atom. The first kappa shape index (κ1) is 35.1. The standard InChI is InChI=1S/C33H41IN2O8/c1-4-5-6-7-12-30(39)36(15-13-23-10-8-9-11-27(23)42-2)26-19-24(33(41)35-14-16-37)20-28(31(26)40)44-32-25(34)17-22(21-38)18-29(32)43-3/h4,8-11,17-18,20-21,26,28,31,37,40H,1,5-7,12-16,19H2,2-3H3,(H,35,41)/t26-,28+,31+/m1/s1. The molecule has 0 heterocycles. The molecule has 0 radical (unpaired) electrons. The highest BCUT2D eigenvalue weighted by molar-refractivity contribution is 14.1. The fourth-order valence-electron chi connectivity index (χ4n) is 5.17. The van der Waals surface area contributed by atoms with E-state index in [2.05, 4.69) is 11.9 Å². The van der Waals surface area contributed by atoms with Crippen LogP contribution in [0.5, 0.6) is 17.2 Å². The third kappa shape index (κ3) is 9.29. The van der Waals surface area contributed by atoms with Crippen molar-refractivity contribution in [3.63, 3.8) is 0 Å². The number of unbranched alkanes of at least 4 members (excludes halogenated alkanes) is 2. The van der Waals surface area contributed by atoms with Crippen LogP contribution in [0, 0.1) is 3.57 Å². The number of nitrogens with one attached hydrogen (secondary N) is 1. The van der Waals surface area contributed by atoms with Crippen molar-refractivity contribution < 1.29 is 38.8 Å². The summed E-state index contributed by atoms with van der Waals surface area (Å²) in [6.07, 6.45) is 4.88. The molecule has 0 aromatic heterocycles. The zero-order chi connectivity index (χ0) is 32.1. The maximum Gasteiger partial charge on any atom is 0.247 e. The average Bonchev–Trinajstić information content (AvgIpc) is 3.04. The number of rotatable bonds is 17. The second-order valence-corrected chi connectivity index (χ2v) is 11.5. The number of halogens is 1. The summed E-state index contributed by atoms with van der Waals surface area (Å²) in [5.74, 6) is 0.711. The van der Waals surface area contributed by atoms with Crippen LogP contribution in [-0.2, 0) is 16.0 Å². The van der Waals surface area contributed by atoms with Crippen molar-refractivity contribution in [3.05, 3.63) is 75.4 Å². The molecule has 0 spiro atoms. The van der Waals surface area contributed by atoms with E-state index in [0.29, 0.717) is 51.1 Å². The molecule has 238 valence electrons. The number of aliphatic hydroxyl groups excluding tert-OH is 2. The fourth-order valence-corrected chi connectivity index (χ4v) is 5.92. The van der Waals surface area contributed by atoms with Crippen LogP contribution >= 0.6 is 22.6 Å². The first-order valence-electron chi connectivity index (χ1n) is 14.6. The molecule has 0 saturated heterocycles. The Balaban J connectivity index is 2.00. The summed E-state index contributed by atoms with van der Waals surface area (Å²) in [5, 5.41) is 23.7. The lowest BCUT2D eigenvalue weighted by Gasteiger charge is -2.41. The Morgan fingerprint density at radius 1 is 1.16 bits per heavy atom. The highest BCUT2D eigenvalue weighted by Crippen LogP contribution is 2.37. The molecule has 2 aromatic carbocycles. The number of allylic oxidation sites excluding steroid dienone is 1. The number of aliphatic hydroxyl groups is 2. The van der Waals surface area contributed by atoms with E-state index in [9.17, 15) is 24.6 Å². The molecule has 0 fully saturated rings. The van der Waals surface area contributed by atoms with Crippen molar-refractivity contribution in [1.29, 1.82) is 0 Å². The zero-order valence-electron chi connectivity index (χ0n) is 25.2. The van der Waals surface area contributed by atoms with Crippen LogP contribution in [0.25, 0.3) is 0 Å². The molecule has 0 saturated carbocycles. The summed E-state index contributed by atoms with van der Waals surface area (Å²) in [6, 6.07) is 9.92. The summed E-state index contributed by atoms with van der Waals surface area (Å²) in [7, 11) is 3.04. The van der Waals surface area contributed by atoms with Gasteiger partial charge in [0.25, 0.3) is 0 Å². The van der Waals surface area contributed by atoms with E-state index in [1.165, 1.54) is 13.2 Å². The fraction of sp³-hybridized carbons (Fsp3) is 0.424. The normalized spacial score (nSPS) is 17.7. The summed E-state index contributed by atoms with van der Waals surface area (Å²) in [6.45, 7) is 3.84. The van der Waals surface area contributed by atoms with Gasteiger partial charge in [0.05, 0.1) is 30.4 Å². The van der Waals surface area contributed by atoms with E-state index in [0.717, 1.165) is 18.4 Å². The number of amides is 2. The van der Waals surface area contributed by atoms with Gasteiger partial charge < -0.3 is 34.6 Å². The number of benzene rings is 2. The van der Waals surface area contributed by atoms with E-state index in [-0.39, 0.29) is 38.4 Å². The van der Waals surface area contributed by atoms with Crippen molar-refractivity contribution in [1.82, 2.24) is 10.2 Å². The summed E-state index contributed by atoms with van der Waals surface area (Å²) >= 11 is 2.02. The van der Waals surface area contributed by atoms with Crippen LogP contribution in [0.1, 0.15) is 48.0 Å².